The van der Waals surface area contributed by atoms with Crippen LogP contribution >= 0.6 is 0 Å². The first kappa shape index (κ1) is 21.2. The summed E-state index contributed by atoms with van der Waals surface area (Å²) in [4.78, 5) is 23.5. The van der Waals surface area contributed by atoms with Gasteiger partial charge in [-0.1, -0.05) is 58.3 Å². The number of hydrogen-bond acceptors (Lipinski definition) is 3. The molecule has 0 saturated heterocycles. The highest BCUT2D eigenvalue weighted by Crippen LogP contribution is 2.13. The highest BCUT2D eigenvalue weighted by molar-refractivity contribution is 5.93. The lowest BCUT2D eigenvalue weighted by Crippen LogP contribution is -2.11. The van der Waals surface area contributed by atoms with Crippen molar-refractivity contribution in [2.75, 3.05) is 11.9 Å². The summed E-state index contributed by atoms with van der Waals surface area (Å²) >= 11 is 0. The van der Waals surface area contributed by atoms with Crippen LogP contribution in [0.3, 0.4) is 0 Å². The fourth-order valence-electron chi connectivity index (χ4n) is 2.72. The third kappa shape index (κ3) is 9.90. The van der Waals surface area contributed by atoms with Crippen molar-refractivity contribution in [1.82, 2.24) is 0 Å². The number of esters is 1. The van der Waals surface area contributed by atoms with Gasteiger partial charge in [-0.3, -0.25) is 4.79 Å². The summed E-state index contributed by atoms with van der Waals surface area (Å²) in [6.45, 7) is 4.37. The van der Waals surface area contributed by atoms with Crippen LogP contribution in [0, 0.1) is 0 Å². The second kappa shape index (κ2) is 13.5. The molecule has 1 aromatic carbocycles. The molecule has 0 heterocycles. The Kier molecular flexibility index (Phi) is 11.4. The van der Waals surface area contributed by atoms with Gasteiger partial charge < -0.3 is 10.1 Å². The predicted octanol–water partition coefficient (Wildman–Crippen LogP) is 5.72. The van der Waals surface area contributed by atoms with E-state index in [4.69, 9.17) is 4.74 Å². The molecular formula is C21H33NO3. The first-order valence-corrected chi connectivity index (χ1v) is 9.74. The maximum atomic E-state index is 11.9. The van der Waals surface area contributed by atoms with Crippen molar-refractivity contribution >= 4 is 17.6 Å². The highest BCUT2D eigenvalue weighted by Gasteiger charge is 2.07. The van der Waals surface area contributed by atoms with E-state index >= 15 is 0 Å². The number of amides is 1. The van der Waals surface area contributed by atoms with Gasteiger partial charge >= 0.3 is 5.97 Å². The maximum Gasteiger partial charge on any atom is 0.338 e. The number of ether oxygens (including phenoxy) is 1. The number of benzene rings is 1. The van der Waals surface area contributed by atoms with Crippen LogP contribution in [0.5, 0.6) is 0 Å². The van der Waals surface area contributed by atoms with E-state index in [1.165, 1.54) is 44.9 Å². The number of rotatable bonds is 13. The summed E-state index contributed by atoms with van der Waals surface area (Å²) < 4.78 is 4.94. The van der Waals surface area contributed by atoms with Crippen molar-refractivity contribution in [3.05, 3.63) is 29.8 Å². The molecule has 0 unspecified atom stereocenters. The number of anilines is 1. The van der Waals surface area contributed by atoms with Crippen LogP contribution in [-0.4, -0.2) is 18.5 Å². The minimum Gasteiger partial charge on any atom is -0.462 e. The van der Waals surface area contributed by atoms with Gasteiger partial charge in [0, 0.05) is 12.1 Å². The topological polar surface area (TPSA) is 55.4 Å². The zero-order chi connectivity index (χ0) is 18.3. The van der Waals surface area contributed by atoms with Crippen molar-refractivity contribution < 1.29 is 14.3 Å². The van der Waals surface area contributed by atoms with E-state index < -0.39 is 0 Å². The average molecular weight is 347 g/mol. The van der Waals surface area contributed by atoms with Gasteiger partial charge in [0.2, 0.25) is 5.91 Å². The molecule has 0 aliphatic carbocycles. The molecule has 25 heavy (non-hydrogen) atoms. The van der Waals surface area contributed by atoms with Crippen molar-refractivity contribution in [2.24, 2.45) is 0 Å². The van der Waals surface area contributed by atoms with E-state index in [0.717, 1.165) is 12.8 Å². The van der Waals surface area contributed by atoms with Crippen LogP contribution in [-0.2, 0) is 9.53 Å². The fraction of sp³-hybridized carbons (Fsp3) is 0.619. The van der Waals surface area contributed by atoms with Gasteiger partial charge in [-0.15, -0.1) is 0 Å². The zero-order valence-electron chi connectivity index (χ0n) is 15.8. The van der Waals surface area contributed by atoms with Crippen LogP contribution in [0.25, 0.3) is 0 Å². The molecule has 1 amide bonds. The van der Waals surface area contributed by atoms with E-state index in [0.29, 0.717) is 24.3 Å². The van der Waals surface area contributed by atoms with Gasteiger partial charge in [0.15, 0.2) is 0 Å². The lowest BCUT2D eigenvalue weighted by molar-refractivity contribution is -0.116. The molecule has 0 fully saturated rings. The van der Waals surface area contributed by atoms with E-state index in [1.807, 2.05) is 0 Å². The van der Waals surface area contributed by atoms with Gasteiger partial charge in [-0.05, 0) is 37.6 Å². The predicted molar refractivity (Wildman–Crippen MR) is 103 cm³/mol. The van der Waals surface area contributed by atoms with Gasteiger partial charge in [0.1, 0.15) is 0 Å². The Morgan fingerprint density at radius 1 is 0.840 bits per heavy atom. The molecule has 0 atom stereocenters. The van der Waals surface area contributed by atoms with E-state index in [-0.39, 0.29) is 11.9 Å². The Bertz CT molecular complexity index is 496. The summed E-state index contributed by atoms with van der Waals surface area (Å²) in [7, 11) is 0. The molecule has 1 rings (SSSR count). The molecule has 1 aromatic rings. The van der Waals surface area contributed by atoms with Gasteiger partial charge in [-0.2, -0.15) is 0 Å². The minimum absolute atomic E-state index is 0.0341. The first-order chi connectivity index (χ1) is 12.2. The van der Waals surface area contributed by atoms with Gasteiger partial charge in [-0.25, -0.2) is 4.79 Å². The smallest absolute Gasteiger partial charge is 0.338 e. The standard InChI is InChI=1S/C21H33NO3/c1-3-5-6-7-8-9-10-11-12-13-20(23)22-19-16-14-18(15-17-19)21(24)25-4-2/h14-17H,3-13H2,1-2H3,(H,22,23). The zero-order valence-corrected chi connectivity index (χ0v) is 15.8. The molecule has 0 radical (unpaired) electrons. The monoisotopic (exact) mass is 347 g/mol. The summed E-state index contributed by atoms with van der Waals surface area (Å²) in [6, 6.07) is 6.82. The number of unbranched alkanes of at least 4 members (excludes halogenated alkanes) is 8. The molecule has 0 aliphatic heterocycles. The maximum absolute atomic E-state index is 11.9. The number of carbonyl (C=O) groups excluding carboxylic acids is 2. The van der Waals surface area contributed by atoms with E-state index in [9.17, 15) is 9.59 Å². The third-order valence-electron chi connectivity index (χ3n) is 4.19. The van der Waals surface area contributed by atoms with Crippen LogP contribution in [0.4, 0.5) is 5.69 Å². The molecule has 0 aromatic heterocycles. The third-order valence-corrected chi connectivity index (χ3v) is 4.19. The van der Waals surface area contributed by atoms with Crippen molar-refractivity contribution in [1.29, 1.82) is 0 Å². The number of hydrogen-bond donors (Lipinski definition) is 1. The van der Waals surface area contributed by atoms with Crippen LogP contribution in [0.1, 0.15) is 88.4 Å². The Hall–Kier alpha value is -1.84. The molecule has 0 spiro atoms. The molecule has 4 heteroatoms. The lowest BCUT2D eigenvalue weighted by atomic mass is 10.1. The van der Waals surface area contributed by atoms with Crippen LogP contribution in [0.2, 0.25) is 0 Å². The summed E-state index contributed by atoms with van der Waals surface area (Å²) in [5, 5.41) is 2.87. The normalized spacial score (nSPS) is 10.5. The quantitative estimate of drug-likeness (QED) is 0.366. The molecule has 0 aliphatic rings. The Labute approximate surface area is 152 Å². The number of carbonyl (C=O) groups is 2. The SMILES string of the molecule is CCCCCCCCCCCC(=O)Nc1ccc(C(=O)OCC)cc1. The van der Waals surface area contributed by atoms with E-state index in [1.54, 1.807) is 31.2 Å². The Morgan fingerprint density at radius 3 is 1.96 bits per heavy atom. The molecular weight excluding hydrogens is 314 g/mol. The minimum atomic E-state index is -0.338. The molecule has 4 nitrogen and oxygen atoms in total. The van der Waals surface area contributed by atoms with Crippen molar-refractivity contribution in [3.63, 3.8) is 0 Å². The first-order valence-electron chi connectivity index (χ1n) is 9.74. The molecule has 1 N–H and O–H groups in total. The molecule has 140 valence electrons. The summed E-state index contributed by atoms with van der Waals surface area (Å²) in [5.74, 6) is -0.304. The van der Waals surface area contributed by atoms with Crippen LogP contribution < -0.4 is 5.32 Å². The summed E-state index contributed by atoms with van der Waals surface area (Å²) in [6.07, 6.45) is 11.7. The van der Waals surface area contributed by atoms with Crippen LogP contribution in [0.15, 0.2) is 24.3 Å². The van der Waals surface area contributed by atoms with Gasteiger partial charge in [0.05, 0.1) is 12.2 Å². The number of nitrogens with one attached hydrogen (secondary N) is 1. The second-order valence-electron chi connectivity index (χ2n) is 6.42. The second-order valence-corrected chi connectivity index (χ2v) is 6.42. The Balaban J connectivity index is 2.13. The van der Waals surface area contributed by atoms with Crippen molar-refractivity contribution in [2.45, 2.75) is 78.1 Å². The largest absolute Gasteiger partial charge is 0.462 e. The fourth-order valence-corrected chi connectivity index (χ4v) is 2.72. The van der Waals surface area contributed by atoms with Gasteiger partial charge in [0.25, 0.3) is 0 Å². The summed E-state index contributed by atoms with van der Waals surface area (Å²) in [5.41, 5.74) is 1.22. The highest BCUT2D eigenvalue weighted by atomic mass is 16.5. The Morgan fingerprint density at radius 2 is 1.40 bits per heavy atom. The average Bonchev–Trinajstić information content (AvgIpc) is 2.61. The lowest BCUT2D eigenvalue weighted by Gasteiger charge is -2.07. The van der Waals surface area contributed by atoms with E-state index in [2.05, 4.69) is 12.2 Å². The molecule has 0 bridgehead atoms. The van der Waals surface area contributed by atoms with Crippen molar-refractivity contribution in [3.8, 4) is 0 Å². The molecule has 0 saturated carbocycles.